The molecule has 0 aliphatic carbocycles. The molecule has 0 unspecified atom stereocenters. The predicted octanol–water partition coefficient (Wildman–Crippen LogP) is 1.74. The number of aryl methyl sites for hydroxylation is 1. The second-order valence-corrected chi connectivity index (χ2v) is 4.43. The largest absolute Gasteiger partial charge is 0.389 e. The summed E-state index contributed by atoms with van der Waals surface area (Å²) < 4.78 is 3.96. The molecule has 4 nitrogen and oxygen atoms in total. The van der Waals surface area contributed by atoms with E-state index in [1.807, 2.05) is 12.3 Å². The van der Waals surface area contributed by atoms with Crippen LogP contribution in [0.5, 0.6) is 0 Å². The zero-order valence-corrected chi connectivity index (χ0v) is 8.58. The van der Waals surface area contributed by atoms with Crippen LogP contribution in [0.25, 0.3) is 11.3 Å². The van der Waals surface area contributed by atoms with Gasteiger partial charge < -0.3 is 11.5 Å². The Labute approximate surface area is 83.4 Å². The van der Waals surface area contributed by atoms with Crippen LogP contribution < -0.4 is 11.5 Å². The van der Waals surface area contributed by atoms with Gasteiger partial charge in [0.05, 0.1) is 16.3 Å². The van der Waals surface area contributed by atoms with Crippen molar-refractivity contribution >= 4 is 33.7 Å². The number of aromatic nitrogens is 2. The molecular weight excluding hydrogens is 204 g/mol. The third-order valence-electron chi connectivity index (χ3n) is 1.62. The predicted molar refractivity (Wildman–Crippen MR) is 56.8 cm³/mol. The lowest BCUT2D eigenvalue weighted by molar-refractivity contribution is 1.30. The molecule has 0 atom stereocenters. The van der Waals surface area contributed by atoms with E-state index >= 15 is 0 Å². The second-order valence-electron chi connectivity index (χ2n) is 2.56. The molecule has 2 aromatic rings. The van der Waals surface area contributed by atoms with Crippen molar-refractivity contribution in [2.75, 3.05) is 11.5 Å². The number of nitrogen functional groups attached to an aromatic ring is 2. The Morgan fingerprint density at radius 1 is 1.38 bits per heavy atom. The minimum absolute atomic E-state index is 0.466. The van der Waals surface area contributed by atoms with Gasteiger partial charge in [0, 0.05) is 5.38 Å². The van der Waals surface area contributed by atoms with E-state index < -0.39 is 0 Å². The third kappa shape index (κ3) is 1.38. The number of hydrogen-bond donors (Lipinski definition) is 2. The number of rotatable bonds is 1. The van der Waals surface area contributed by atoms with Crippen molar-refractivity contribution in [1.82, 2.24) is 9.36 Å². The fourth-order valence-electron chi connectivity index (χ4n) is 1.05. The zero-order valence-electron chi connectivity index (χ0n) is 6.94. The standard InChI is InChI=1S/C7H8N4S2/c1-3-10-4(2-12-3)5-6(8)11-13-7(5)9/h2H,9H2,1H3,(H2,8,11). The monoisotopic (exact) mass is 212 g/mol. The Kier molecular flexibility index (Phi) is 1.93. The lowest BCUT2D eigenvalue weighted by atomic mass is 10.2. The fraction of sp³-hybridized carbons (Fsp3) is 0.143. The first-order chi connectivity index (χ1) is 6.18. The van der Waals surface area contributed by atoms with Crippen LogP contribution in [-0.4, -0.2) is 9.36 Å². The van der Waals surface area contributed by atoms with Gasteiger partial charge in [-0.1, -0.05) is 0 Å². The summed E-state index contributed by atoms with van der Waals surface area (Å²) in [4.78, 5) is 4.30. The third-order valence-corrected chi connectivity index (χ3v) is 3.08. The van der Waals surface area contributed by atoms with E-state index in [2.05, 4.69) is 9.36 Å². The van der Waals surface area contributed by atoms with Gasteiger partial charge in [0.15, 0.2) is 0 Å². The second kappa shape index (κ2) is 2.97. The molecule has 6 heteroatoms. The maximum atomic E-state index is 5.72. The van der Waals surface area contributed by atoms with Crippen LogP contribution >= 0.6 is 22.9 Å². The Hall–Kier alpha value is -1.14. The topological polar surface area (TPSA) is 77.8 Å². The highest BCUT2D eigenvalue weighted by Gasteiger charge is 2.13. The SMILES string of the molecule is Cc1nc(-c2c(N)nsc2N)cs1. The maximum Gasteiger partial charge on any atom is 0.148 e. The summed E-state index contributed by atoms with van der Waals surface area (Å²) in [6.07, 6.45) is 0. The Morgan fingerprint density at radius 2 is 2.15 bits per heavy atom. The molecule has 0 radical (unpaired) electrons. The van der Waals surface area contributed by atoms with Crippen molar-refractivity contribution in [3.8, 4) is 11.3 Å². The first-order valence-corrected chi connectivity index (χ1v) is 5.27. The van der Waals surface area contributed by atoms with Gasteiger partial charge in [-0.25, -0.2) is 4.98 Å². The molecular formula is C7H8N4S2. The number of nitrogens with two attached hydrogens (primary N) is 2. The minimum atomic E-state index is 0.466. The highest BCUT2D eigenvalue weighted by atomic mass is 32.1. The zero-order chi connectivity index (χ0) is 9.42. The molecule has 2 rings (SSSR count). The van der Waals surface area contributed by atoms with Gasteiger partial charge >= 0.3 is 0 Å². The summed E-state index contributed by atoms with van der Waals surface area (Å²) in [6.45, 7) is 1.94. The molecule has 0 fully saturated rings. The van der Waals surface area contributed by atoms with Crippen LogP contribution in [0.3, 0.4) is 0 Å². The lowest BCUT2D eigenvalue weighted by Crippen LogP contribution is -1.90. The Bertz CT molecular complexity index is 412. The summed E-state index contributed by atoms with van der Waals surface area (Å²) >= 11 is 2.78. The summed E-state index contributed by atoms with van der Waals surface area (Å²) in [6, 6.07) is 0. The molecule has 0 bridgehead atoms. The van der Waals surface area contributed by atoms with E-state index in [9.17, 15) is 0 Å². The van der Waals surface area contributed by atoms with Crippen LogP contribution in [0.15, 0.2) is 5.38 Å². The van der Waals surface area contributed by atoms with Crippen molar-refractivity contribution in [3.05, 3.63) is 10.4 Å². The highest BCUT2D eigenvalue weighted by Crippen LogP contribution is 2.34. The number of hydrogen-bond acceptors (Lipinski definition) is 6. The Balaban J connectivity index is 2.57. The normalized spacial score (nSPS) is 10.5. The average molecular weight is 212 g/mol. The van der Waals surface area contributed by atoms with E-state index in [1.165, 1.54) is 11.5 Å². The van der Waals surface area contributed by atoms with Gasteiger partial charge in [0.25, 0.3) is 0 Å². The van der Waals surface area contributed by atoms with Gasteiger partial charge in [0.1, 0.15) is 10.8 Å². The molecule has 2 aromatic heterocycles. The molecule has 0 saturated carbocycles. The quantitative estimate of drug-likeness (QED) is 0.754. The lowest BCUT2D eigenvalue weighted by Gasteiger charge is -1.93. The van der Waals surface area contributed by atoms with Crippen LogP contribution in [0, 0.1) is 6.92 Å². The molecule has 0 saturated heterocycles. The number of thiazole rings is 1. The fourth-order valence-corrected chi connectivity index (χ4v) is 2.24. The van der Waals surface area contributed by atoms with Gasteiger partial charge in [0.2, 0.25) is 0 Å². The molecule has 2 heterocycles. The van der Waals surface area contributed by atoms with E-state index in [-0.39, 0.29) is 0 Å². The van der Waals surface area contributed by atoms with Gasteiger partial charge in [-0.3, -0.25) is 0 Å². The molecule has 4 N–H and O–H groups in total. The molecule has 0 aliphatic rings. The van der Waals surface area contributed by atoms with Crippen LogP contribution in [-0.2, 0) is 0 Å². The summed E-state index contributed by atoms with van der Waals surface area (Å²) in [7, 11) is 0. The number of nitrogens with zero attached hydrogens (tertiary/aromatic N) is 2. The molecule has 68 valence electrons. The molecule has 0 spiro atoms. The molecule has 0 aliphatic heterocycles. The summed E-state index contributed by atoms with van der Waals surface area (Å²) in [5, 5.41) is 3.56. The first kappa shape index (κ1) is 8.46. The van der Waals surface area contributed by atoms with Crippen LogP contribution in [0.4, 0.5) is 10.8 Å². The van der Waals surface area contributed by atoms with Crippen molar-refractivity contribution in [2.24, 2.45) is 0 Å². The minimum Gasteiger partial charge on any atom is -0.389 e. The van der Waals surface area contributed by atoms with Crippen LogP contribution in [0.1, 0.15) is 5.01 Å². The van der Waals surface area contributed by atoms with Crippen molar-refractivity contribution in [2.45, 2.75) is 6.92 Å². The molecule has 0 amide bonds. The summed E-state index contributed by atoms with van der Waals surface area (Å²) in [5.74, 6) is 0.466. The Morgan fingerprint density at radius 3 is 2.62 bits per heavy atom. The van der Waals surface area contributed by atoms with Gasteiger partial charge in [-0.2, -0.15) is 4.37 Å². The van der Waals surface area contributed by atoms with E-state index in [1.54, 1.807) is 11.3 Å². The highest BCUT2D eigenvalue weighted by molar-refractivity contribution is 7.11. The van der Waals surface area contributed by atoms with E-state index in [0.29, 0.717) is 10.8 Å². The van der Waals surface area contributed by atoms with Gasteiger partial charge in [-0.15, -0.1) is 11.3 Å². The van der Waals surface area contributed by atoms with E-state index in [4.69, 9.17) is 11.5 Å². The first-order valence-electron chi connectivity index (χ1n) is 3.61. The average Bonchev–Trinajstić information content (AvgIpc) is 2.60. The molecule has 13 heavy (non-hydrogen) atoms. The van der Waals surface area contributed by atoms with Crippen LogP contribution in [0.2, 0.25) is 0 Å². The van der Waals surface area contributed by atoms with Crippen molar-refractivity contribution < 1.29 is 0 Å². The van der Waals surface area contributed by atoms with Crippen molar-refractivity contribution in [3.63, 3.8) is 0 Å². The smallest absolute Gasteiger partial charge is 0.148 e. The van der Waals surface area contributed by atoms with Gasteiger partial charge in [-0.05, 0) is 18.5 Å². The van der Waals surface area contributed by atoms with Crippen molar-refractivity contribution in [1.29, 1.82) is 0 Å². The number of anilines is 2. The molecule has 0 aromatic carbocycles. The maximum absolute atomic E-state index is 5.72. The van der Waals surface area contributed by atoms with E-state index in [0.717, 1.165) is 16.3 Å². The summed E-state index contributed by atoms with van der Waals surface area (Å²) in [5.41, 5.74) is 13.0.